The number of carbonyl (C=O) groups excluding carboxylic acids is 3. The second-order valence-corrected chi connectivity index (χ2v) is 9.69. The number of rotatable bonds is 2. The number of hydrogen-bond donors (Lipinski definition) is 1. The number of carbonyl (C=O) groups is 3. The van der Waals surface area contributed by atoms with Gasteiger partial charge in [-0.25, -0.2) is 0 Å². The normalized spacial score (nSPS) is 19.2. The van der Waals surface area contributed by atoms with Crippen molar-refractivity contribution >= 4 is 29.3 Å². The van der Waals surface area contributed by atoms with Crippen LogP contribution in [0.3, 0.4) is 0 Å². The highest BCUT2D eigenvalue weighted by Gasteiger charge is 2.43. The summed E-state index contributed by atoms with van der Waals surface area (Å²) in [4.78, 5) is 41.6. The van der Waals surface area contributed by atoms with E-state index < -0.39 is 0 Å². The molecule has 0 aliphatic carbocycles. The Bertz CT molecular complexity index is 1120. The van der Waals surface area contributed by atoms with Crippen LogP contribution in [0.25, 0.3) is 0 Å². The van der Waals surface area contributed by atoms with Crippen molar-refractivity contribution in [3.8, 4) is 0 Å². The van der Waals surface area contributed by atoms with Gasteiger partial charge in [-0.3, -0.25) is 14.4 Å². The molecule has 1 N–H and O–H groups in total. The first kappa shape index (κ1) is 21.0. The number of piperidine rings is 1. The van der Waals surface area contributed by atoms with E-state index in [2.05, 4.69) is 5.32 Å². The van der Waals surface area contributed by atoms with E-state index in [-0.39, 0.29) is 23.1 Å². The topological polar surface area (TPSA) is 69.7 Å². The van der Waals surface area contributed by atoms with Gasteiger partial charge in [-0.2, -0.15) is 0 Å². The van der Waals surface area contributed by atoms with Crippen molar-refractivity contribution in [1.29, 1.82) is 0 Å². The predicted molar refractivity (Wildman–Crippen MR) is 122 cm³/mol. The Hall–Kier alpha value is -2.86. The molecular formula is C25H26ClN3O3. The minimum atomic E-state index is -0.0756. The molecule has 3 heterocycles. The minimum absolute atomic E-state index is 0.0222. The highest BCUT2D eigenvalue weighted by Crippen LogP contribution is 2.41. The number of aryl methyl sites for hydroxylation is 1. The van der Waals surface area contributed by atoms with Gasteiger partial charge in [-0.1, -0.05) is 17.7 Å². The standard InChI is InChI=1S/C25H26ClN3O3/c1-16-2-3-18(13-21(16)26)23(31)28-9-6-25(7-10-28)8-11-29(15-25)24(32)17-4-5-20-19(12-17)14-27-22(20)30/h2-5,12-13H,6-11,14-15H2,1H3,(H,27,30). The molecule has 6 nitrogen and oxygen atoms in total. The van der Waals surface area contributed by atoms with E-state index in [1.54, 1.807) is 18.2 Å². The van der Waals surface area contributed by atoms with Gasteiger partial charge in [0, 0.05) is 54.4 Å². The maximum absolute atomic E-state index is 13.1. The Morgan fingerprint density at radius 1 is 0.938 bits per heavy atom. The summed E-state index contributed by atoms with van der Waals surface area (Å²) in [6.07, 6.45) is 2.75. The van der Waals surface area contributed by atoms with Crippen molar-refractivity contribution in [3.05, 3.63) is 69.2 Å². The molecule has 1 spiro atoms. The Morgan fingerprint density at radius 2 is 1.56 bits per heavy atom. The molecule has 0 bridgehead atoms. The number of amides is 3. The fourth-order valence-corrected chi connectivity index (χ4v) is 5.34. The van der Waals surface area contributed by atoms with E-state index >= 15 is 0 Å². The Morgan fingerprint density at radius 3 is 2.28 bits per heavy atom. The van der Waals surface area contributed by atoms with E-state index in [4.69, 9.17) is 11.6 Å². The molecule has 0 saturated carbocycles. The van der Waals surface area contributed by atoms with Crippen molar-refractivity contribution in [2.75, 3.05) is 26.2 Å². The molecule has 0 unspecified atom stereocenters. The van der Waals surface area contributed by atoms with Crippen molar-refractivity contribution in [2.45, 2.75) is 32.7 Å². The molecule has 5 rings (SSSR count). The Kier molecular flexibility index (Phi) is 5.20. The largest absolute Gasteiger partial charge is 0.348 e. The number of nitrogens with one attached hydrogen (secondary N) is 1. The third-order valence-electron chi connectivity index (χ3n) is 7.29. The lowest BCUT2D eigenvalue weighted by atomic mass is 9.77. The fourth-order valence-electron chi connectivity index (χ4n) is 5.16. The lowest BCUT2D eigenvalue weighted by Gasteiger charge is -2.39. The lowest BCUT2D eigenvalue weighted by Crippen LogP contribution is -2.44. The molecule has 3 aliphatic rings. The molecule has 2 aromatic rings. The molecular weight excluding hydrogens is 426 g/mol. The first-order valence-electron chi connectivity index (χ1n) is 11.1. The van der Waals surface area contributed by atoms with Gasteiger partial charge in [-0.15, -0.1) is 0 Å². The Balaban J connectivity index is 1.22. The van der Waals surface area contributed by atoms with Crippen LogP contribution in [-0.2, 0) is 6.54 Å². The zero-order valence-electron chi connectivity index (χ0n) is 18.1. The van der Waals surface area contributed by atoms with Crippen molar-refractivity contribution in [2.24, 2.45) is 5.41 Å². The van der Waals surface area contributed by atoms with Crippen LogP contribution < -0.4 is 5.32 Å². The van der Waals surface area contributed by atoms with Gasteiger partial charge >= 0.3 is 0 Å². The number of benzene rings is 2. The van der Waals surface area contributed by atoms with Crippen LogP contribution in [-0.4, -0.2) is 53.7 Å². The van der Waals surface area contributed by atoms with Crippen LogP contribution in [0.15, 0.2) is 36.4 Å². The van der Waals surface area contributed by atoms with Gasteiger partial charge in [-0.05, 0) is 73.1 Å². The molecule has 3 amide bonds. The minimum Gasteiger partial charge on any atom is -0.348 e. The number of fused-ring (bicyclic) bond motifs is 1. The zero-order chi connectivity index (χ0) is 22.5. The summed E-state index contributed by atoms with van der Waals surface area (Å²) in [5.74, 6) is -0.0286. The van der Waals surface area contributed by atoms with E-state index in [0.29, 0.717) is 41.3 Å². The average Bonchev–Trinajstić information content (AvgIpc) is 3.39. The predicted octanol–water partition coefficient (Wildman–Crippen LogP) is 3.66. The summed E-state index contributed by atoms with van der Waals surface area (Å²) in [6, 6.07) is 10.8. The van der Waals surface area contributed by atoms with Gasteiger partial charge in [0.05, 0.1) is 0 Å². The van der Waals surface area contributed by atoms with Gasteiger partial charge in [0.25, 0.3) is 17.7 Å². The lowest BCUT2D eigenvalue weighted by molar-refractivity contribution is 0.0565. The van der Waals surface area contributed by atoms with E-state index in [0.717, 1.165) is 43.5 Å². The SMILES string of the molecule is Cc1ccc(C(=O)N2CCC3(CC2)CCN(C(=O)c2ccc4c(c2)CNC4=O)C3)cc1Cl. The average molecular weight is 452 g/mol. The second kappa shape index (κ2) is 7.93. The van der Waals surface area contributed by atoms with Gasteiger partial charge in [0.15, 0.2) is 0 Å². The summed E-state index contributed by atoms with van der Waals surface area (Å²) in [5.41, 5.74) is 3.85. The van der Waals surface area contributed by atoms with Crippen molar-refractivity contribution in [1.82, 2.24) is 15.1 Å². The van der Waals surface area contributed by atoms with Crippen molar-refractivity contribution < 1.29 is 14.4 Å². The van der Waals surface area contributed by atoms with Crippen LogP contribution in [0.4, 0.5) is 0 Å². The van der Waals surface area contributed by atoms with Gasteiger partial charge in [0.2, 0.25) is 0 Å². The summed E-state index contributed by atoms with van der Waals surface area (Å²) in [6.45, 7) is 5.24. The zero-order valence-corrected chi connectivity index (χ0v) is 18.9. The maximum atomic E-state index is 13.1. The molecule has 0 radical (unpaired) electrons. The number of halogens is 1. The van der Waals surface area contributed by atoms with Crippen LogP contribution in [0.2, 0.25) is 5.02 Å². The molecule has 166 valence electrons. The Labute approximate surface area is 192 Å². The molecule has 2 aromatic carbocycles. The number of hydrogen-bond acceptors (Lipinski definition) is 3. The van der Waals surface area contributed by atoms with Crippen LogP contribution >= 0.6 is 11.6 Å². The van der Waals surface area contributed by atoms with Crippen LogP contribution in [0.1, 0.15) is 61.5 Å². The van der Waals surface area contributed by atoms with Gasteiger partial charge in [0.1, 0.15) is 0 Å². The van der Waals surface area contributed by atoms with E-state index in [1.165, 1.54) is 0 Å². The summed E-state index contributed by atoms with van der Waals surface area (Å²) < 4.78 is 0. The summed E-state index contributed by atoms with van der Waals surface area (Å²) in [7, 11) is 0. The van der Waals surface area contributed by atoms with Crippen LogP contribution in [0.5, 0.6) is 0 Å². The smallest absolute Gasteiger partial charge is 0.253 e. The highest BCUT2D eigenvalue weighted by molar-refractivity contribution is 6.31. The summed E-state index contributed by atoms with van der Waals surface area (Å²) >= 11 is 6.20. The first-order chi connectivity index (χ1) is 15.3. The molecule has 0 atom stereocenters. The van der Waals surface area contributed by atoms with Gasteiger partial charge < -0.3 is 15.1 Å². The molecule has 2 saturated heterocycles. The second-order valence-electron chi connectivity index (χ2n) is 9.29. The van der Waals surface area contributed by atoms with E-state index in [1.807, 2.05) is 34.9 Å². The molecule has 32 heavy (non-hydrogen) atoms. The third-order valence-corrected chi connectivity index (χ3v) is 7.70. The quantitative estimate of drug-likeness (QED) is 0.757. The van der Waals surface area contributed by atoms with Crippen molar-refractivity contribution in [3.63, 3.8) is 0 Å². The molecule has 2 fully saturated rings. The van der Waals surface area contributed by atoms with Crippen LogP contribution in [0, 0.1) is 12.3 Å². The highest BCUT2D eigenvalue weighted by atomic mass is 35.5. The number of nitrogens with zero attached hydrogens (tertiary/aromatic N) is 2. The third kappa shape index (κ3) is 3.66. The molecule has 3 aliphatic heterocycles. The first-order valence-corrected chi connectivity index (χ1v) is 11.5. The fraction of sp³-hybridized carbons (Fsp3) is 0.400. The summed E-state index contributed by atoms with van der Waals surface area (Å²) in [5, 5.41) is 3.41. The monoisotopic (exact) mass is 451 g/mol. The maximum Gasteiger partial charge on any atom is 0.253 e. The van der Waals surface area contributed by atoms with E-state index in [9.17, 15) is 14.4 Å². The molecule has 0 aromatic heterocycles. The molecule has 7 heteroatoms. The number of likely N-dealkylation sites (tertiary alicyclic amines) is 2.